The minimum absolute atomic E-state index is 0.0884. The molecule has 0 aliphatic carbocycles. The Hall–Kier alpha value is -2.70. The van der Waals surface area contributed by atoms with Crippen molar-refractivity contribution in [3.63, 3.8) is 0 Å². The van der Waals surface area contributed by atoms with E-state index in [0.29, 0.717) is 5.69 Å². The number of aryl methyl sites for hydroxylation is 1. The summed E-state index contributed by atoms with van der Waals surface area (Å²) >= 11 is 0. The molecule has 2 aromatic heterocycles. The van der Waals surface area contributed by atoms with Gasteiger partial charge in [-0.1, -0.05) is 19.9 Å². The van der Waals surface area contributed by atoms with Gasteiger partial charge in [-0.05, 0) is 18.1 Å². The van der Waals surface area contributed by atoms with Crippen molar-refractivity contribution in [3.8, 4) is 0 Å². The van der Waals surface area contributed by atoms with Crippen molar-refractivity contribution < 1.29 is 4.79 Å². The lowest BCUT2D eigenvalue weighted by atomic mass is 10.00. The van der Waals surface area contributed by atoms with E-state index in [4.69, 9.17) is 0 Å². The van der Waals surface area contributed by atoms with E-state index in [1.54, 1.807) is 12.3 Å². The Morgan fingerprint density at radius 3 is 2.64 bits per heavy atom. The molecule has 0 saturated carbocycles. The first kappa shape index (κ1) is 15.7. The first-order valence-electron chi connectivity index (χ1n) is 6.92. The van der Waals surface area contributed by atoms with Crippen molar-refractivity contribution in [2.24, 2.45) is 13.0 Å². The summed E-state index contributed by atoms with van der Waals surface area (Å²) in [7, 11) is 1.47. The van der Waals surface area contributed by atoms with Crippen LogP contribution in [0, 0.1) is 5.92 Å². The Morgan fingerprint density at radius 1 is 1.32 bits per heavy atom. The normalized spacial score (nSPS) is 12.2. The summed E-state index contributed by atoms with van der Waals surface area (Å²) in [5, 5.41) is 2.80. The molecule has 0 aliphatic heterocycles. The van der Waals surface area contributed by atoms with Crippen molar-refractivity contribution in [1.82, 2.24) is 19.9 Å². The van der Waals surface area contributed by atoms with Crippen LogP contribution >= 0.6 is 0 Å². The molecule has 22 heavy (non-hydrogen) atoms. The molecule has 2 rings (SSSR count). The first-order valence-corrected chi connectivity index (χ1v) is 6.92. The van der Waals surface area contributed by atoms with Gasteiger partial charge in [0.25, 0.3) is 11.5 Å². The van der Waals surface area contributed by atoms with Gasteiger partial charge in [0, 0.05) is 19.4 Å². The highest BCUT2D eigenvalue weighted by Crippen LogP contribution is 2.19. The molecule has 7 nitrogen and oxygen atoms in total. The van der Waals surface area contributed by atoms with Crippen LogP contribution < -0.4 is 16.6 Å². The highest BCUT2D eigenvalue weighted by Gasteiger charge is 2.22. The molecule has 0 saturated heterocycles. The van der Waals surface area contributed by atoms with Crippen LogP contribution in [0.2, 0.25) is 0 Å². The molecule has 2 N–H and O–H groups in total. The molecule has 116 valence electrons. The smallest absolute Gasteiger partial charge is 0.328 e. The van der Waals surface area contributed by atoms with Gasteiger partial charge in [0.15, 0.2) is 0 Å². The van der Waals surface area contributed by atoms with Crippen molar-refractivity contribution >= 4 is 5.91 Å². The zero-order valence-electron chi connectivity index (χ0n) is 12.7. The molecule has 0 aliphatic rings. The molecule has 0 radical (unpaired) electrons. The van der Waals surface area contributed by atoms with Crippen molar-refractivity contribution in [2.75, 3.05) is 0 Å². The lowest BCUT2D eigenvalue weighted by Gasteiger charge is -2.21. The molecule has 2 heterocycles. The van der Waals surface area contributed by atoms with Gasteiger partial charge >= 0.3 is 5.69 Å². The molecular formula is C15H18N4O3. The molecule has 0 spiro atoms. The van der Waals surface area contributed by atoms with E-state index in [1.807, 2.05) is 26.0 Å². The van der Waals surface area contributed by atoms with Crippen molar-refractivity contribution in [3.05, 3.63) is 62.7 Å². The average molecular weight is 302 g/mol. The molecule has 2 aromatic rings. The van der Waals surface area contributed by atoms with Gasteiger partial charge in [0.1, 0.15) is 5.56 Å². The molecule has 1 atom stereocenters. The Morgan fingerprint density at radius 2 is 2.05 bits per heavy atom. The quantitative estimate of drug-likeness (QED) is 0.864. The summed E-state index contributed by atoms with van der Waals surface area (Å²) in [4.78, 5) is 41.8. The van der Waals surface area contributed by atoms with Gasteiger partial charge in [-0.15, -0.1) is 0 Å². The maximum atomic E-state index is 12.3. The van der Waals surface area contributed by atoms with Gasteiger partial charge in [-0.3, -0.25) is 19.6 Å². The third kappa shape index (κ3) is 3.30. The molecule has 7 heteroatoms. The van der Waals surface area contributed by atoms with Crippen molar-refractivity contribution in [2.45, 2.75) is 19.9 Å². The monoisotopic (exact) mass is 302 g/mol. The first-order chi connectivity index (χ1) is 10.4. The fraction of sp³-hybridized carbons (Fsp3) is 0.333. The van der Waals surface area contributed by atoms with Gasteiger partial charge in [0.2, 0.25) is 0 Å². The average Bonchev–Trinajstić information content (AvgIpc) is 2.48. The summed E-state index contributed by atoms with van der Waals surface area (Å²) in [5.74, 6) is -0.452. The van der Waals surface area contributed by atoms with Crippen molar-refractivity contribution in [1.29, 1.82) is 0 Å². The Balaban J connectivity index is 2.32. The van der Waals surface area contributed by atoms with Crippen LogP contribution in [0.4, 0.5) is 0 Å². The summed E-state index contributed by atoms with van der Waals surface area (Å²) < 4.78 is 1.15. The van der Waals surface area contributed by atoms with Crippen LogP contribution in [-0.2, 0) is 7.05 Å². The number of hydrogen-bond donors (Lipinski definition) is 2. The number of amides is 1. The molecular weight excluding hydrogens is 284 g/mol. The predicted octanol–water partition coefficient (Wildman–Crippen LogP) is 0.596. The lowest BCUT2D eigenvalue weighted by Crippen LogP contribution is -2.38. The number of H-pyrrole nitrogens is 1. The predicted molar refractivity (Wildman–Crippen MR) is 81.6 cm³/mol. The van der Waals surface area contributed by atoms with Gasteiger partial charge in [0.05, 0.1) is 11.7 Å². The fourth-order valence-corrected chi connectivity index (χ4v) is 2.09. The van der Waals surface area contributed by atoms with E-state index in [-0.39, 0.29) is 17.5 Å². The number of nitrogens with one attached hydrogen (secondary N) is 2. The largest absolute Gasteiger partial charge is 0.343 e. The minimum atomic E-state index is -0.705. The number of hydrogen-bond acceptors (Lipinski definition) is 4. The maximum absolute atomic E-state index is 12.3. The number of rotatable bonds is 4. The SMILES string of the molecule is CC(C)[C@H](NC(=O)c1cn(C)c(=O)[nH]c1=O)c1ccccn1. The summed E-state index contributed by atoms with van der Waals surface area (Å²) in [6.07, 6.45) is 2.88. The minimum Gasteiger partial charge on any atom is -0.343 e. The Labute approximate surface area is 127 Å². The van der Waals surface area contributed by atoms with E-state index >= 15 is 0 Å². The number of aromatic amines is 1. The number of pyridine rings is 1. The number of nitrogens with zero attached hydrogens (tertiary/aromatic N) is 2. The van der Waals surface area contributed by atoms with E-state index < -0.39 is 17.2 Å². The third-order valence-corrected chi connectivity index (χ3v) is 3.31. The fourth-order valence-electron chi connectivity index (χ4n) is 2.09. The van der Waals surface area contributed by atoms with Crippen LogP contribution in [0.1, 0.15) is 35.9 Å². The number of carbonyl (C=O) groups is 1. The second-order valence-electron chi connectivity index (χ2n) is 5.36. The zero-order valence-corrected chi connectivity index (χ0v) is 12.7. The van der Waals surface area contributed by atoms with Crippen LogP contribution in [0.3, 0.4) is 0 Å². The summed E-state index contributed by atoms with van der Waals surface area (Å²) in [6, 6.07) is 5.12. The van der Waals surface area contributed by atoms with E-state index in [0.717, 1.165) is 4.57 Å². The van der Waals surface area contributed by atoms with E-state index in [9.17, 15) is 14.4 Å². The summed E-state index contributed by atoms with van der Waals surface area (Å²) in [6.45, 7) is 3.90. The summed E-state index contributed by atoms with van der Waals surface area (Å²) in [5.41, 5.74) is -0.661. The van der Waals surface area contributed by atoms with Gasteiger partial charge in [-0.2, -0.15) is 0 Å². The second-order valence-corrected chi connectivity index (χ2v) is 5.36. The Kier molecular flexibility index (Phi) is 4.55. The van der Waals surface area contributed by atoms with Crippen LogP contribution in [0.25, 0.3) is 0 Å². The standard InChI is InChI=1S/C15H18N4O3/c1-9(2)12(11-6-4-5-7-16-11)17-13(20)10-8-19(3)15(22)18-14(10)21/h4-9,12H,1-3H3,(H,17,20)(H,18,21,22)/t12-/m0/s1. The number of aromatic nitrogens is 3. The van der Waals surface area contributed by atoms with E-state index in [2.05, 4.69) is 15.3 Å². The number of carbonyl (C=O) groups excluding carboxylic acids is 1. The highest BCUT2D eigenvalue weighted by atomic mass is 16.2. The molecule has 0 aromatic carbocycles. The molecule has 0 fully saturated rings. The van der Waals surface area contributed by atoms with E-state index in [1.165, 1.54) is 13.2 Å². The zero-order chi connectivity index (χ0) is 16.3. The second kappa shape index (κ2) is 6.38. The molecule has 1 amide bonds. The highest BCUT2D eigenvalue weighted by molar-refractivity contribution is 5.93. The van der Waals surface area contributed by atoms with Gasteiger partial charge in [-0.25, -0.2) is 4.79 Å². The Bertz CT molecular complexity index is 777. The maximum Gasteiger partial charge on any atom is 0.328 e. The molecule has 0 unspecified atom stereocenters. The third-order valence-electron chi connectivity index (χ3n) is 3.31. The van der Waals surface area contributed by atoms with Crippen LogP contribution in [-0.4, -0.2) is 20.4 Å². The van der Waals surface area contributed by atoms with Crippen LogP contribution in [0.15, 0.2) is 40.2 Å². The molecule has 0 bridgehead atoms. The lowest BCUT2D eigenvalue weighted by molar-refractivity contribution is 0.0922. The van der Waals surface area contributed by atoms with Gasteiger partial charge < -0.3 is 9.88 Å². The van der Waals surface area contributed by atoms with Crippen LogP contribution in [0.5, 0.6) is 0 Å². The topological polar surface area (TPSA) is 96.9 Å².